The van der Waals surface area contributed by atoms with Gasteiger partial charge >= 0.3 is 0 Å². The van der Waals surface area contributed by atoms with Crippen molar-refractivity contribution in [2.45, 2.75) is 25.8 Å². The molecule has 0 atom stereocenters. The molecule has 0 radical (unpaired) electrons. The van der Waals surface area contributed by atoms with Crippen LogP contribution in [0.5, 0.6) is 0 Å². The third-order valence-electron chi connectivity index (χ3n) is 3.64. The van der Waals surface area contributed by atoms with Crippen LogP contribution in [0.3, 0.4) is 0 Å². The Hall–Kier alpha value is -2.40. The minimum Gasteiger partial charge on any atom is -0.352 e. The van der Waals surface area contributed by atoms with Gasteiger partial charge in [0.25, 0.3) is 5.91 Å². The minimum absolute atomic E-state index is 0.126. The van der Waals surface area contributed by atoms with Crippen LogP contribution in [0.2, 0.25) is 0 Å². The Morgan fingerprint density at radius 2 is 1.78 bits per heavy atom. The van der Waals surface area contributed by atoms with Crippen LogP contribution in [0.1, 0.15) is 30.6 Å². The van der Waals surface area contributed by atoms with Crippen molar-refractivity contribution in [3.63, 3.8) is 0 Å². The van der Waals surface area contributed by atoms with Gasteiger partial charge in [0.15, 0.2) is 0 Å². The van der Waals surface area contributed by atoms with Gasteiger partial charge in [0.05, 0.1) is 0 Å². The topological polar surface area (TPSA) is 84.2 Å². The standard InChI is InChI=1S/C18H23N3O2/c1-18(2,12-19)21-16(22)9-10-20-17(23)15-8-7-13-5-3-4-6-14(13)11-15/h3-8,11H,9-10,12,19H2,1-2H3,(H,20,23)(H,21,22). The lowest BCUT2D eigenvalue weighted by Gasteiger charge is -2.24. The number of fused-ring (bicyclic) bond motifs is 1. The molecule has 0 saturated carbocycles. The van der Waals surface area contributed by atoms with Gasteiger partial charge in [-0.05, 0) is 36.8 Å². The Kier molecular flexibility index (Phi) is 5.34. The Labute approximate surface area is 136 Å². The predicted molar refractivity (Wildman–Crippen MR) is 92.2 cm³/mol. The summed E-state index contributed by atoms with van der Waals surface area (Å²) in [5.41, 5.74) is 5.73. The summed E-state index contributed by atoms with van der Waals surface area (Å²) >= 11 is 0. The zero-order valence-electron chi connectivity index (χ0n) is 13.6. The monoisotopic (exact) mass is 313 g/mol. The first-order chi connectivity index (χ1) is 10.9. The maximum Gasteiger partial charge on any atom is 0.251 e. The first kappa shape index (κ1) is 17.0. The van der Waals surface area contributed by atoms with Crippen LogP contribution >= 0.6 is 0 Å². The van der Waals surface area contributed by atoms with E-state index in [4.69, 9.17) is 5.73 Å². The molecule has 0 aliphatic carbocycles. The molecule has 5 heteroatoms. The van der Waals surface area contributed by atoms with Crippen molar-refractivity contribution in [2.24, 2.45) is 5.73 Å². The van der Waals surface area contributed by atoms with Crippen molar-refractivity contribution in [3.05, 3.63) is 48.0 Å². The highest BCUT2D eigenvalue weighted by Crippen LogP contribution is 2.15. The smallest absolute Gasteiger partial charge is 0.251 e. The van der Waals surface area contributed by atoms with Gasteiger partial charge < -0.3 is 16.4 Å². The number of rotatable bonds is 6. The van der Waals surface area contributed by atoms with E-state index in [2.05, 4.69) is 10.6 Å². The van der Waals surface area contributed by atoms with Crippen molar-refractivity contribution < 1.29 is 9.59 Å². The quantitative estimate of drug-likeness (QED) is 0.760. The molecule has 2 aromatic carbocycles. The van der Waals surface area contributed by atoms with E-state index in [0.717, 1.165) is 10.8 Å². The van der Waals surface area contributed by atoms with E-state index in [1.54, 1.807) is 6.07 Å². The molecule has 23 heavy (non-hydrogen) atoms. The van der Waals surface area contributed by atoms with Gasteiger partial charge in [-0.1, -0.05) is 30.3 Å². The predicted octanol–water partition coefficient (Wildman–Crippen LogP) is 1.81. The molecular formula is C18H23N3O2. The molecule has 0 aliphatic rings. The zero-order valence-corrected chi connectivity index (χ0v) is 13.6. The maximum absolute atomic E-state index is 12.1. The van der Waals surface area contributed by atoms with E-state index in [0.29, 0.717) is 12.1 Å². The minimum atomic E-state index is -0.431. The number of carbonyl (C=O) groups excluding carboxylic acids is 2. The Balaban J connectivity index is 1.88. The van der Waals surface area contributed by atoms with Crippen molar-refractivity contribution in [3.8, 4) is 0 Å². The van der Waals surface area contributed by atoms with Gasteiger partial charge in [-0.15, -0.1) is 0 Å². The lowest BCUT2D eigenvalue weighted by Crippen LogP contribution is -2.49. The summed E-state index contributed by atoms with van der Waals surface area (Å²) in [4.78, 5) is 23.9. The SMILES string of the molecule is CC(C)(CN)NC(=O)CCNC(=O)c1ccc2ccccc2c1. The first-order valence-electron chi connectivity index (χ1n) is 7.69. The maximum atomic E-state index is 12.1. The molecule has 0 heterocycles. The molecule has 0 aromatic heterocycles. The molecule has 0 bridgehead atoms. The van der Waals surface area contributed by atoms with Gasteiger partial charge in [-0.3, -0.25) is 9.59 Å². The first-order valence-corrected chi connectivity index (χ1v) is 7.69. The fourth-order valence-corrected chi connectivity index (χ4v) is 2.21. The number of benzene rings is 2. The van der Waals surface area contributed by atoms with Gasteiger partial charge in [0.1, 0.15) is 0 Å². The van der Waals surface area contributed by atoms with Gasteiger partial charge in [0.2, 0.25) is 5.91 Å². The summed E-state index contributed by atoms with van der Waals surface area (Å²) in [5, 5.41) is 7.70. The van der Waals surface area contributed by atoms with E-state index in [9.17, 15) is 9.59 Å². The molecule has 0 saturated heterocycles. The summed E-state index contributed by atoms with van der Waals surface area (Å²) in [6.45, 7) is 4.37. The van der Waals surface area contributed by atoms with E-state index in [1.165, 1.54) is 0 Å². The average Bonchev–Trinajstić information content (AvgIpc) is 2.53. The largest absolute Gasteiger partial charge is 0.352 e. The summed E-state index contributed by atoms with van der Waals surface area (Å²) in [6.07, 6.45) is 0.225. The molecular weight excluding hydrogens is 290 g/mol. The van der Waals surface area contributed by atoms with Crippen LogP contribution < -0.4 is 16.4 Å². The van der Waals surface area contributed by atoms with Crippen molar-refractivity contribution >= 4 is 22.6 Å². The van der Waals surface area contributed by atoms with E-state index in [-0.39, 0.29) is 24.8 Å². The van der Waals surface area contributed by atoms with Gasteiger partial charge in [-0.25, -0.2) is 0 Å². The van der Waals surface area contributed by atoms with Crippen LogP contribution in [0, 0.1) is 0 Å². The second-order valence-electron chi connectivity index (χ2n) is 6.20. The highest BCUT2D eigenvalue weighted by Gasteiger charge is 2.17. The summed E-state index contributed by atoms with van der Waals surface area (Å²) in [5.74, 6) is -0.305. The molecule has 4 N–H and O–H groups in total. The molecule has 2 aromatic rings. The normalized spacial score (nSPS) is 11.3. The number of nitrogens with two attached hydrogens (primary N) is 1. The van der Waals surface area contributed by atoms with Crippen LogP contribution in [0.25, 0.3) is 10.8 Å². The zero-order chi connectivity index (χ0) is 16.9. The Morgan fingerprint density at radius 1 is 1.09 bits per heavy atom. The van der Waals surface area contributed by atoms with Crippen LogP contribution in [0.4, 0.5) is 0 Å². The third-order valence-corrected chi connectivity index (χ3v) is 3.64. The Bertz CT molecular complexity index is 710. The molecule has 2 rings (SSSR count). The van der Waals surface area contributed by atoms with Crippen LogP contribution in [0.15, 0.2) is 42.5 Å². The number of nitrogens with one attached hydrogen (secondary N) is 2. The number of carbonyl (C=O) groups is 2. The van der Waals surface area contributed by atoms with Crippen LogP contribution in [-0.2, 0) is 4.79 Å². The van der Waals surface area contributed by atoms with E-state index in [1.807, 2.05) is 50.2 Å². The lowest BCUT2D eigenvalue weighted by molar-refractivity contribution is -0.122. The van der Waals surface area contributed by atoms with Crippen molar-refractivity contribution in [1.29, 1.82) is 0 Å². The summed E-state index contributed by atoms with van der Waals surface area (Å²) < 4.78 is 0. The highest BCUT2D eigenvalue weighted by atomic mass is 16.2. The van der Waals surface area contributed by atoms with E-state index >= 15 is 0 Å². The van der Waals surface area contributed by atoms with Gasteiger partial charge in [-0.2, -0.15) is 0 Å². The fourth-order valence-electron chi connectivity index (χ4n) is 2.21. The van der Waals surface area contributed by atoms with Crippen LogP contribution in [-0.4, -0.2) is 30.4 Å². The number of hydrogen-bond acceptors (Lipinski definition) is 3. The summed E-state index contributed by atoms with van der Waals surface area (Å²) in [6, 6.07) is 13.4. The van der Waals surface area contributed by atoms with E-state index < -0.39 is 5.54 Å². The average molecular weight is 313 g/mol. The summed E-state index contributed by atoms with van der Waals surface area (Å²) in [7, 11) is 0. The number of amides is 2. The second kappa shape index (κ2) is 7.24. The van der Waals surface area contributed by atoms with Crippen molar-refractivity contribution in [1.82, 2.24) is 10.6 Å². The molecule has 0 unspecified atom stereocenters. The Morgan fingerprint density at radius 3 is 2.48 bits per heavy atom. The number of hydrogen-bond donors (Lipinski definition) is 3. The molecule has 0 aliphatic heterocycles. The molecule has 0 spiro atoms. The highest BCUT2D eigenvalue weighted by molar-refractivity contribution is 5.98. The molecule has 2 amide bonds. The third kappa shape index (κ3) is 4.79. The molecule has 5 nitrogen and oxygen atoms in total. The lowest BCUT2D eigenvalue weighted by atomic mass is 10.1. The second-order valence-corrected chi connectivity index (χ2v) is 6.20. The van der Waals surface area contributed by atoms with Crippen molar-refractivity contribution in [2.75, 3.05) is 13.1 Å². The molecule has 122 valence electrons. The molecule has 0 fully saturated rings. The fraction of sp³-hybridized carbons (Fsp3) is 0.333. The van der Waals surface area contributed by atoms with Gasteiger partial charge in [0, 0.05) is 30.6 Å².